The first-order chi connectivity index (χ1) is 18.1. The molecule has 2 N–H and O–H groups in total. The van der Waals surface area contributed by atoms with E-state index in [0.717, 1.165) is 24.0 Å². The van der Waals surface area contributed by atoms with Crippen molar-refractivity contribution in [3.8, 4) is 5.75 Å². The molecule has 12 heteroatoms. The van der Waals surface area contributed by atoms with Crippen molar-refractivity contribution in [1.82, 2.24) is 5.06 Å². The summed E-state index contributed by atoms with van der Waals surface area (Å²) in [6.07, 6.45) is 0.295. The Kier molecular flexibility index (Phi) is 8.13. The Hall–Kier alpha value is -4.16. The number of hydrogen-bond donors (Lipinski definition) is 2. The zero-order valence-corrected chi connectivity index (χ0v) is 21.1. The molecule has 0 radical (unpaired) electrons. The van der Waals surface area contributed by atoms with Crippen LogP contribution in [0.4, 0.5) is 14.9 Å². The first-order valence-corrected chi connectivity index (χ1v) is 13.4. The van der Waals surface area contributed by atoms with Gasteiger partial charge in [0.1, 0.15) is 24.2 Å². The molecule has 4 rings (SSSR count). The highest BCUT2D eigenvalue weighted by Gasteiger charge is 2.36. The lowest BCUT2D eigenvalue weighted by Crippen LogP contribution is -2.38. The van der Waals surface area contributed by atoms with Gasteiger partial charge in [0, 0.05) is 12.1 Å². The highest BCUT2D eigenvalue weighted by molar-refractivity contribution is 7.92. The number of benzene rings is 3. The van der Waals surface area contributed by atoms with Crippen LogP contribution in [0.25, 0.3) is 0 Å². The minimum absolute atomic E-state index is 0.0376. The molecule has 0 spiro atoms. The average molecular weight is 545 g/mol. The maximum atomic E-state index is 14.5. The number of halogens is 1. The number of sulfonamides is 1. The van der Waals surface area contributed by atoms with Gasteiger partial charge in [-0.25, -0.2) is 22.4 Å². The maximum Gasteiger partial charge on any atom is 0.528 e. The molecule has 1 aliphatic heterocycles. The number of nitrogens with zero attached hydrogens (tertiary/aromatic N) is 1. The van der Waals surface area contributed by atoms with Crippen molar-refractivity contribution in [1.29, 1.82) is 0 Å². The Morgan fingerprint density at radius 3 is 2.55 bits per heavy atom. The van der Waals surface area contributed by atoms with Gasteiger partial charge in [0.2, 0.25) is 10.0 Å². The molecule has 3 aromatic carbocycles. The first kappa shape index (κ1) is 26.9. The monoisotopic (exact) mass is 544 g/mol. The van der Waals surface area contributed by atoms with Crippen molar-refractivity contribution in [2.75, 3.05) is 24.1 Å². The van der Waals surface area contributed by atoms with E-state index >= 15 is 0 Å². The van der Waals surface area contributed by atoms with Crippen LogP contribution in [0.1, 0.15) is 28.3 Å². The molecule has 1 unspecified atom stereocenters. The van der Waals surface area contributed by atoms with Crippen molar-refractivity contribution < 1.29 is 41.8 Å². The molecule has 0 saturated carbocycles. The summed E-state index contributed by atoms with van der Waals surface area (Å²) < 4.78 is 51.5. The SMILES string of the molecule is CS(=O)(=O)Nc1cccc2c1CCN(OC(=O)OCc1ccccc1)C2c1cc(F)ccc1OCC(=O)O. The Balaban J connectivity index is 1.71. The summed E-state index contributed by atoms with van der Waals surface area (Å²) in [6.45, 7) is -0.632. The van der Waals surface area contributed by atoms with Crippen LogP contribution in [0, 0.1) is 5.82 Å². The van der Waals surface area contributed by atoms with E-state index in [1.54, 1.807) is 42.5 Å². The lowest BCUT2D eigenvalue weighted by atomic mass is 9.88. The van der Waals surface area contributed by atoms with E-state index in [2.05, 4.69) is 4.72 Å². The number of nitrogens with one attached hydrogen (secondary N) is 1. The Morgan fingerprint density at radius 2 is 1.84 bits per heavy atom. The normalized spacial score (nSPS) is 15.3. The smallest absolute Gasteiger partial charge is 0.482 e. The van der Waals surface area contributed by atoms with E-state index in [4.69, 9.17) is 19.4 Å². The number of rotatable bonds is 9. The zero-order valence-electron chi connectivity index (χ0n) is 20.3. The van der Waals surface area contributed by atoms with Crippen molar-refractivity contribution in [3.05, 3.63) is 94.8 Å². The van der Waals surface area contributed by atoms with Crippen molar-refractivity contribution in [3.63, 3.8) is 0 Å². The van der Waals surface area contributed by atoms with Crippen molar-refractivity contribution in [2.24, 2.45) is 0 Å². The van der Waals surface area contributed by atoms with Crippen molar-refractivity contribution in [2.45, 2.75) is 19.1 Å². The molecule has 3 aromatic rings. The van der Waals surface area contributed by atoms with Gasteiger partial charge in [-0.1, -0.05) is 42.5 Å². The molecule has 0 amide bonds. The topological polar surface area (TPSA) is 131 Å². The van der Waals surface area contributed by atoms with Gasteiger partial charge in [-0.3, -0.25) is 4.72 Å². The lowest BCUT2D eigenvalue weighted by molar-refractivity contribution is -0.152. The van der Waals surface area contributed by atoms with Crippen LogP contribution < -0.4 is 9.46 Å². The molecule has 0 bridgehead atoms. The number of aliphatic carboxylic acids is 1. The molecule has 1 heterocycles. The number of fused-ring (bicyclic) bond motifs is 1. The first-order valence-electron chi connectivity index (χ1n) is 11.5. The average Bonchev–Trinajstić information content (AvgIpc) is 2.86. The Morgan fingerprint density at radius 1 is 1.08 bits per heavy atom. The molecular formula is C26H25FN2O8S. The van der Waals surface area contributed by atoms with Crippen LogP contribution in [0.2, 0.25) is 0 Å². The second-order valence-electron chi connectivity index (χ2n) is 8.52. The van der Waals surface area contributed by atoms with Gasteiger partial charge in [-0.05, 0) is 47.4 Å². The maximum absolute atomic E-state index is 14.5. The summed E-state index contributed by atoms with van der Waals surface area (Å²) >= 11 is 0. The molecule has 0 aliphatic carbocycles. The standard InChI is InChI=1S/C26H25FN2O8S/c1-38(33,34)28-22-9-5-8-20-19(22)12-13-29(37-26(32)36-15-17-6-3-2-4-7-17)25(20)21-14-18(27)10-11-23(21)35-16-24(30)31/h2-11,14,25,28H,12-13,15-16H2,1H3,(H,30,31). The van der Waals surface area contributed by atoms with Crippen LogP contribution in [-0.2, 0) is 37.4 Å². The van der Waals surface area contributed by atoms with Gasteiger partial charge >= 0.3 is 12.1 Å². The van der Waals surface area contributed by atoms with Crippen LogP contribution >= 0.6 is 0 Å². The third-order valence-electron chi connectivity index (χ3n) is 5.68. The molecule has 0 aromatic heterocycles. The lowest BCUT2D eigenvalue weighted by Gasteiger charge is -2.36. The van der Waals surface area contributed by atoms with Gasteiger partial charge in [-0.15, -0.1) is 5.06 Å². The highest BCUT2D eigenvalue weighted by Crippen LogP contribution is 2.42. The second kappa shape index (κ2) is 11.5. The summed E-state index contributed by atoms with van der Waals surface area (Å²) in [4.78, 5) is 29.3. The van der Waals surface area contributed by atoms with Crippen LogP contribution in [-0.4, -0.2) is 50.1 Å². The number of hydrogen-bond acceptors (Lipinski definition) is 8. The van der Waals surface area contributed by atoms with E-state index in [1.807, 2.05) is 6.07 Å². The predicted octanol–water partition coefficient (Wildman–Crippen LogP) is 3.88. The number of carboxylic acids is 1. The zero-order chi connectivity index (χ0) is 27.3. The molecule has 1 atom stereocenters. The highest BCUT2D eigenvalue weighted by atomic mass is 32.2. The fourth-order valence-corrected chi connectivity index (χ4v) is 4.80. The van der Waals surface area contributed by atoms with E-state index < -0.39 is 40.6 Å². The number of hydroxylamine groups is 2. The number of anilines is 1. The predicted molar refractivity (Wildman–Crippen MR) is 134 cm³/mol. The van der Waals surface area contributed by atoms with E-state index in [0.29, 0.717) is 16.8 Å². The number of carbonyl (C=O) groups is 2. The van der Waals surface area contributed by atoms with Crippen LogP contribution in [0.5, 0.6) is 5.75 Å². The van der Waals surface area contributed by atoms with Gasteiger partial charge < -0.3 is 19.4 Å². The van der Waals surface area contributed by atoms with Crippen LogP contribution in [0.3, 0.4) is 0 Å². The fraction of sp³-hybridized carbons (Fsp3) is 0.231. The molecule has 0 saturated heterocycles. The van der Waals surface area contributed by atoms with Crippen LogP contribution in [0.15, 0.2) is 66.7 Å². The number of ether oxygens (including phenoxy) is 2. The molecule has 200 valence electrons. The quantitative estimate of drug-likeness (QED) is 0.385. The molecule has 0 fully saturated rings. The fourth-order valence-electron chi connectivity index (χ4n) is 4.20. The van der Waals surface area contributed by atoms with E-state index in [-0.39, 0.29) is 30.9 Å². The van der Waals surface area contributed by atoms with Gasteiger partial charge in [-0.2, -0.15) is 0 Å². The van der Waals surface area contributed by atoms with Gasteiger partial charge in [0.15, 0.2) is 6.61 Å². The number of carboxylic acid groups (broad SMARTS) is 1. The minimum Gasteiger partial charge on any atom is -0.482 e. The van der Waals surface area contributed by atoms with Crippen molar-refractivity contribution >= 4 is 27.8 Å². The molecule has 10 nitrogen and oxygen atoms in total. The second-order valence-corrected chi connectivity index (χ2v) is 10.3. The summed E-state index contributed by atoms with van der Waals surface area (Å²) in [7, 11) is -3.61. The van der Waals surface area contributed by atoms with Gasteiger partial charge in [0.25, 0.3) is 0 Å². The van der Waals surface area contributed by atoms with Gasteiger partial charge in [0.05, 0.1) is 11.9 Å². The summed E-state index contributed by atoms with van der Waals surface area (Å²) in [5, 5.41) is 10.4. The minimum atomic E-state index is -3.61. The Bertz CT molecular complexity index is 1430. The third kappa shape index (κ3) is 6.78. The Labute approximate surface area is 218 Å². The van der Waals surface area contributed by atoms with E-state index in [9.17, 15) is 22.4 Å². The molecule has 1 aliphatic rings. The summed E-state index contributed by atoms with van der Waals surface area (Å²) in [5.41, 5.74) is 2.36. The molecular weight excluding hydrogens is 519 g/mol. The third-order valence-corrected chi connectivity index (χ3v) is 6.27. The summed E-state index contributed by atoms with van der Waals surface area (Å²) in [5.74, 6) is -1.81. The summed E-state index contributed by atoms with van der Waals surface area (Å²) in [6, 6.07) is 16.4. The van der Waals surface area contributed by atoms with E-state index in [1.165, 1.54) is 11.1 Å². The largest absolute Gasteiger partial charge is 0.528 e. The number of carbonyl (C=O) groups excluding carboxylic acids is 1. The molecule has 38 heavy (non-hydrogen) atoms.